The van der Waals surface area contributed by atoms with Gasteiger partial charge in [-0.3, -0.25) is 0 Å². The summed E-state index contributed by atoms with van der Waals surface area (Å²) in [7, 11) is 1.88. The summed E-state index contributed by atoms with van der Waals surface area (Å²) >= 11 is 0. The molecule has 0 aromatic carbocycles. The minimum Gasteiger partial charge on any atom is -0.399 e. The lowest BCUT2D eigenvalue weighted by atomic mass is 10.2. The van der Waals surface area contributed by atoms with Gasteiger partial charge < -0.3 is 15.8 Å². The van der Waals surface area contributed by atoms with Crippen LogP contribution in [-0.2, 0) is 4.74 Å². The molecule has 0 atom stereocenters. The van der Waals surface area contributed by atoms with E-state index in [0.29, 0.717) is 6.61 Å². The van der Waals surface area contributed by atoms with Crippen LogP contribution in [0.1, 0.15) is 6.42 Å². The molecule has 0 spiro atoms. The molecule has 3 N–H and O–H groups in total. The van der Waals surface area contributed by atoms with Crippen LogP contribution in [0, 0.1) is 0 Å². The Kier molecular flexibility index (Phi) is 1.95. The summed E-state index contributed by atoms with van der Waals surface area (Å²) in [6.07, 6.45) is 0.919. The average Bonchev–Trinajstić information content (AvgIpc) is 1.89. The van der Waals surface area contributed by atoms with Gasteiger partial charge in [-0.1, -0.05) is 0 Å². The van der Waals surface area contributed by atoms with Crippen molar-refractivity contribution in [1.82, 2.24) is 5.32 Å². The molecule has 1 aliphatic rings. The first-order valence-corrected chi connectivity index (χ1v) is 3.07. The summed E-state index contributed by atoms with van der Waals surface area (Å²) < 4.78 is 5.09. The zero-order valence-corrected chi connectivity index (χ0v) is 5.61. The van der Waals surface area contributed by atoms with E-state index in [4.69, 9.17) is 10.5 Å². The Labute approximate surface area is 54.9 Å². The second-order valence-electron chi connectivity index (χ2n) is 2.06. The molecule has 9 heavy (non-hydrogen) atoms. The second-order valence-corrected chi connectivity index (χ2v) is 2.06. The molecule has 1 aliphatic heterocycles. The minimum absolute atomic E-state index is 0.580. The van der Waals surface area contributed by atoms with Gasteiger partial charge in [0, 0.05) is 19.2 Å². The van der Waals surface area contributed by atoms with Crippen LogP contribution in [0.4, 0.5) is 0 Å². The highest BCUT2D eigenvalue weighted by atomic mass is 16.5. The first-order chi connectivity index (χ1) is 4.34. The van der Waals surface area contributed by atoms with E-state index in [1.165, 1.54) is 0 Å². The van der Waals surface area contributed by atoms with Crippen LogP contribution in [0.15, 0.2) is 11.4 Å². The topological polar surface area (TPSA) is 47.3 Å². The molecule has 0 aromatic heterocycles. The molecule has 0 unspecified atom stereocenters. The molecule has 1 heterocycles. The smallest absolute Gasteiger partial charge is 0.0878 e. The molecule has 1 rings (SSSR count). The molecule has 0 amide bonds. The number of rotatable bonds is 1. The maximum absolute atomic E-state index is 5.58. The SMILES string of the molecule is CNC1=C(N)COCC1. The van der Waals surface area contributed by atoms with E-state index in [-0.39, 0.29) is 0 Å². The van der Waals surface area contributed by atoms with Crippen molar-refractivity contribution >= 4 is 0 Å². The Morgan fingerprint density at radius 2 is 2.44 bits per heavy atom. The van der Waals surface area contributed by atoms with Crippen LogP contribution < -0.4 is 11.1 Å². The lowest BCUT2D eigenvalue weighted by Gasteiger charge is -2.16. The van der Waals surface area contributed by atoms with E-state index in [1.807, 2.05) is 7.05 Å². The van der Waals surface area contributed by atoms with Gasteiger partial charge in [0.1, 0.15) is 0 Å². The molecule has 0 aromatic rings. The Balaban J connectivity index is 2.59. The summed E-state index contributed by atoms with van der Waals surface area (Å²) in [5.41, 5.74) is 7.54. The molecule has 3 nitrogen and oxygen atoms in total. The summed E-state index contributed by atoms with van der Waals surface area (Å²) in [5.74, 6) is 0. The third-order valence-corrected chi connectivity index (χ3v) is 1.44. The van der Waals surface area contributed by atoms with Crippen LogP contribution >= 0.6 is 0 Å². The van der Waals surface area contributed by atoms with Crippen molar-refractivity contribution in [1.29, 1.82) is 0 Å². The monoisotopic (exact) mass is 128 g/mol. The lowest BCUT2D eigenvalue weighted by Crippen LogP contribution is -2.23. The predicted octanol–water partition coefficient (Wildman–Crippen LogP) is -0.204. The summed E-state index contributed by atoms with van der Waals surface area (Å²) in [6.45, 7) is 1.37. The van der Waals surface area contributed by atoms with Gasteiger partial charge in [0.15, 0.2) is 0 Å². The normalized spacial score (nSPS) is 20.1. The van der Waals surface area contributed by atoms with Crippen molar-refractivity contribution in [2.75, 3.05) is 20.3 Å². The van der Waals surface area contributed by atoms with Gasteiger partial charge >= 0.3 is 0 Å². The van der Waals surface area contributed by atoms with Crippen LogP contribution in [-0.4, -0.2) is 20.3 Å². The molecular weight excluding hydrogens is 116 g/mol. The number of nitrogens with two attached hydrogens (primary N) is 1. The van der Waals surface area contributed by atoms with Gasteiger partial charge in [-0.05, 0) is 0 Å². The standard InChI is InChI=1S/C6H12N2O/c1-8-6-2-3-9-4-5(6)7/h8H,2-4,7H2,1H3. The summed E-state index contributed by atoms with van der Waals surface area (Å²) in [4.78, 5) is 0. The predicted molar refractivity (Wildman–Crippen MR) is 35.7 cm³/mol. The summed E-state index contributed by atoms with van der Waals surface area (Å²) in [5, 5.41) is 3.03. The fourth-order valence-corrected chi connectivity index (χ4v) is 0.890. The van der Waals surface area contributed by atoms with E-state index in [9.17, 15) is 0 Å². The van der Waals surface area contributed by atoms with Crippen molar-refractivity contribution in [3.05, 3.63) is 11.4 Å². The molecule has 52 valence electrons. The zero-order chi connectivity index (χ0) is 6.69. The zero-order valence-electron chi connectivity index (χ0n) is 5.61. The van der Waals surface area contributed by atoms with Crippen molar-refractivity contribution in [3.8, 4) is 0 Å². The maximum Gasteiger partial charge on any atom is 0.0878 e. The van der Waals surface area contributed by atoms with Crippen LogP contribution in [0.25, 0.3) is 0 Å². The van der Waals surface area contributed by atoms with Crippen molar-refractivity contribution in [2.45, 2.75) is 6.42 Å². The lowest BCUT2D eigenvalue weighted by molar-refractivity contribution is 0.143. The molecule has 0 fully saturated rings. The quantitative estimate of drug-likeness (QED) is 0.514. The van der Waals surface area contributed by atoms with E-state index in [0.717, 1.165) is 24.4 Å². The summed E-state index contributed by atoms with van der Waals surface area (Å²) in [6, 6.07) is 0. The molecular formula is C6H12N2O. The van der Waals surface area contributed by atoms with E-state index < -0.39 is 0 Å². The number of hydrogen-bond acceptors (Lipinski definition) is 3. The molecule has 0 saturated carbocycles. The second kappa shape index (κ2) is 2.73. The third kappa shape index (κ3) is 1.36. The van der Waals surface area contributed by atoms with Gasteiger partial charge in [0.05, 0.1) is 18.9 Å². The molecule has 0 bridgehead atoms. The first kappa shape index (κ1) is 6.42. The largest absolute Gasteiger partial charge is 0.399 e. The van der Waals surface area contributed by atoms with Gasteiger partial charge in [-0.15, -0.1) is 0 Å². The van der Waals surface area contributed by atoms with Crippen LogP contribution in [0.5, 0.6) is 0 Å². The molecule has 0 aliphatic carbocycles. The van der Waals surface area contributed by atoms with Crippen molar-refractivity contribution in [2.24, 2.45) is 5.73 Å². The molecule has 0 radical (unpaired) electrons. The molecule has 0 saturated heterocycles. The Morgan fingerprint density at radius 1 is 1.67 bits per heavy atom. The van der Waals surface area contributed by atoms with Crippen molar-refractivity contribution < 1.29 is 4.74 Å². The van der Waals surface area contributed by atoms with Gasteiger partial charge in [-0.25, -0.2) is 0 Å². The Hall–Kier alpha value is -0.700. The first-order valence-electron chi connectivity index (χ1n) is 3.07. The fourth-order valence-electron chi connectivity index (χ4n) is 0.890. The minimum atomic E-state index is 0.580. The maximum atomic E-state index is 5.58. The highest BCUT2D eigenvalue weighted by Gasteiger charge is 2.06. The van der Waals surface area contributed by atoms with Crippen LogP contribution in [0.3, 0.4) is 0 Å². The van der Waals surface area contributed by atoms with Gasteiger partial charge in [0.2, 0.25) is 0 Å². The van der Waals surface area contributed by atoms with E-state index in [1.54, 1.807) is 0 Å². The number of ether oxygens (including phenoxy) is 1. The third-order valence-electron chi connectivity index (χ3n) is 1.44. The van der Waals surface area contributed by atoms with Gasteiger partial charge in [-0.2, -0.15) is 0 Å². The average molecular weight is 128 g/mol. The Morgan fingerprint density at radius 3 is 2.89 bits per heavy atom. The number of hydrogen-bond donors (Lipinski definition) is 2. The molecule has 3 heteroatoms. The fraction of sp³-hybridized carbons (Fsp3) is 0.667. The van der Waals surface area contributed by atoms with Crippen LogP contribution in [0.2, 0.25) is 0 Å². The van der Waals surface area contributed by atoms with E-state index in [2.05, 4.69) is 5.32 Å². The van der Waals surface area contributed by atoms with Crippen molar-refractivity contribution in [3.63, 3.8) is 0 Å². The van der Waals surface area contributed by atoms with E-state index >= 15 is 0 Å². The Bertz CT molecular complexity index is 131. The number of nitrogens with one attached hydrogen (secondary N) is 1. The highest BCUT2D eigenvalue weighted by molar-refractivity contribution is 5.11. The highest BCUT2D eigenvalue weighted by Crippen LogP contribution is 2.06. The van der Waals surface area contributed by atoms with Gasteiger partial charge in [0.25, 0.3) is 0 Å².